The molecule has 0 spiro atoms. The Bertz CT molecular complexity index is 270. The maximum Gasteiger partial charge on any atom is 0.222 e. The Balaban J connectivity index is 1.91. The maximum absolute atomic E-state index is 11.4. The van der Waals surface area contributed by atoms with Gasteiger partial charge in [-0.3, -0.25) is 4.79 Å². The van der Waals surface area contributed by atoms with E-state index in [1.807, 2.05) is 0 Å². The van der Waals surface area contributed by atoms with Crippen molar-refractivity contribution >= 4 is 5.91 Å². The first-order chi connectivity index (χ1) is 8.83. The fourth-order valence-electron chi connectivity index (χ4n) is 1.93. The molecule has 0 saturated carbocycles. The second-order valence-corrected chi connectivity index (χ2v) is 4.54. The summed E-state index contributed by atoms with van der Waals surface area (Å²) in [4.78, 5) is 11.4. The van der Waals surface area contributed by atoms with Crippen LogP contribution in [0.25, 0.3) is 0 Å². The van der Waals surface area contributed by atoms with Crippen molar-refractivity contribution in [1.29, 1.82) is 5.26 Å². The number of unbranched alkanes of at least 4 members (excludes halogenated alkanes) is 2. The number of nitriles is 1. The number of piperidine rings is 1. The lowest BCUT2D eigenvalue weighted by Gasteiger charge is -2.22. The molecule has 1 aliphatic heterocycles. The van der Waals surface area contributed by atoms with E-state index in [1.54, 1.807) is 0 Å². The van der Waals surface area contributed by atoms with Gasteiger partial charge in [0.15, 0.2) is 0 Å². The second kappa shape index (κ2) is 9.86. The molecule has 2 N–H and O–H groups in total. The Morgan fingerprint density at radius 3 is 2.89 bits per heavy atom. The number of hydrogen-bond acceptors (Lipinski definition) is 4. The molecule has 0 aromatic rings. The van der Waals surface area contributed by atoms with Gasteiger partial charge in [-0.1, -0.05) is 0 Å². The molecule has 1 rings (SSSR count). The molecule has 0 radical (unpaired) electrons. The Hall–Kier alpha value is -1.12. The van der Waals surface area contributed by atoms with Crippen LogP contribution in [0.2, 0.25) is 0 Å². The maximum atomic E-state index is 11.4. The van der Waals surface area contributed by atoms with Gasteiger partial charge in [0.25, 0.3) is 0 Å². The zero-order chi connectivity index (χ0) is 13.1. The van der Waals surface area contributed by atoms with E-state index < -0.39 is 0 Å². The lowest BCUT2D eigenvalue weighted by atomic mass is 10.1. The second-order valence-electron chi connectivity index (χ2n) is 4.54. The quantitative estimate of drug-likeness (QED) is 0.632. The number of rotatable bonds is 8. The molecular weight excluding hydrogens is 230 g/mol. The Morgan fingerprint density at radius 1 is 1.39 bits per heavy atom. The molecule has 1 aliphatic rings. The van der Waals surface area contributed by atoms with Gasteiger partial charge >= 0.3 is 0 Å². The number of carbonyl (C=O) groups excluding carboxylic acids is 1. The van der Waals surface area contributed by atoms with E-state index >= 15 is 0 Å². The topological polar surface area (TPSA) is 74.2 Å². The van der Waals surface area contributed by atoms with Gasteiger partial charge in [-0.25, -0.2) is 0 Å². The van der Waals surface area contributed by atoms with Crippen molar-refractivity contribution in [3.63, 3.8) is 0 Å². The van der Waals surface area contributed by atoms with Crippen LogP contribution < -0.4 is 10.6 Å². The van der Waals surface area contributed by atoms with Crippen LogP contribution in [0.3, 0.4) is 0 Å². The van der Waals surface area contributed by atoms with Gasteiger partial charge in [0.1, 0.15) is 0 Å². The number of nitrogens with one attached hydrogen (secondary N) is 2. The predicted octanol–water partition coefficient (Wildman–Crippen LogP) is 0.955. The van der Waals surface area contributed by atoms with Gasteiger partial charge in [0.2, 0.25) is 5.91 Å². The molecule has 0 unspecified atom stereocenters. The van der Waals surface area contributed by atoms with Gasteiger partial charge in [-0.2, -0.15) is 5.26 Å². The smallest absolute Gasteiger partial charge is 0.222 e. The minimum Gasteiger partial charge on any atom is -0.378 e. The predicted molar refractivity (Wildman–Crippen MR) is 68.9 cm³/mol. The number of carbonyl (C=O) groups is 1. The summed E-state index contributed by atoms with van der Waals surface area (Å²) >= 11 is 0. The summed E-state index contributed by atoms with van der Waals surface area (Å²) in [6.45, 7) is 3.19. The average Bonchev–Trinajstić information content (AvgIpc) is 2.40. The Kier molecular flexibility index (Phi) is 8.19. The zero-order valence-electron chi connectivity index (χ0n) is 10.9. The van der Waals surface area contributed by atoms with Gasteiger partial charge in [-0.15, -0.1) is 0 Å². The van der Waals surface area contributed by atoms with E-state index in [2.05, 4.69) is 16.7 Å². The summed E-state index contributed by atoms with van der Waals surface area (Å²) < 4.78 is 5.65. The molecule has 5 heteroatoms. The standard InChI is InChI=1S/C13H23N3O2/c14-7-2-1-3-8-16-13(17)6-11-18-12-4-9-15-10-5-12/h12,15H,1-6,8-11H2,(H,16,17). The lowest BCUT2D eigenvalue weighted by Crippen LogP contribution is -2.33. The fourth-order valence-corrected chi connectivity index (χ4v) is 1.93. The van der Waals surface area contributed by atoms with E-state index in [-0.39, 0.29) is 5.91 Å². The highest BCUT2D eigenvalue weighted by molar-refractivity contribution is 5.75. The molecule has 0 bridgehead atoms. The van der Waals surface area contributed by atoms with Gasteiger partial charge in [-0.05, 0) is 38.8 Å². The largest absolute Gasteiger partial charge is 0.378 e. The Morgan fingerprint density at radius 2 is 2.17 bits per heavy atom. The number of amides is 1. The van der Waals surface area contributed by atoms with E-state index in [9.17, 15) is 4.79 Å². The molecule has 1 amide bonds. The van der Waals surface area contributed by atoms with Gasteiger partial charge in [0, 0.05) is 19.4 Å². The van der Waals surface area contributed by atoms with E-state index in [4.69, 9.17) is 10.00 Å². The summed E-state index contributed by atoms with van der Waals surface area (Å²) in [6, 6.07) is 2.09. The molecule has 18 heavy (non-hydrogen) atoms. The first-order valence-corrected chi connectivity index (χ1v) is 6.79. The fraction of sp³-hybridized carbons (Fsp3) is 0.846. The molecular formula is C13H23N3O2. The van der Waals surface area contributed by atoms with Crippen LogP contribution >= 0.6 is 0 Å². The molecule has 5 nitrogen and oxygen atoms in total. The normalized spacial score (nSPS) is 16.2. The molecule has 0 aromatic carbocycles. The number of ether oxygens (including phenoxy) is 1. The molecule has 0 aromatic heterocycles. The number of hydrogen-bond donors (Lipinski definition) is 2. The van der Waals surface area contributed by atoms with Crippen LogP contribution in [-0.2, 0) is 9.53 Å². The van der Waals surface area contributed by atoms with Crippen molar-refractivity contribution in [3.8, 4) is 6.07 Å². The van der Waals surface area contributed by atoms with Crippen LogP contribution in [0.1, 0.15) is 38.5 Å². The van der Waals surface area contributed by atoms with Gasteiger partial charge < -0.3 is 15.4 Å². The highest BCUT2D eigenvalue weighted by Crippen LogP contribution is 2.07. The molecule has 1 saturated heterocycles. The van der Waals surface area contributed by atoms with Crippen LogP contribution in [0.15, 0.2) is 0 Å². The summed E-state index contributed by atoms with van der Waals surface area (Å²) in [7, 11) is 0. The molecule has 102 valence electrons. The third-order valence-electron chi connectivity index (χ3n) is 3.01. The van der Waals surface area contributed by atoms with E-state index in [1.165, 1.54) is 0 Å². The summed E-state index contributed by atoms with van der Waals surface area (Å²) in [5.41, 5.74) is 0. The van der Waals surface area contributed by atoms with Crippen LogP contribution in [0.5, 0.6) is 0 Å². The Labute approximate surface area is 109 Å². The van der Waals surface area contributed by atoms with Crippen molar-refractivity contribution in [3.05, 3.63) is 0 Å². The van der Waals surface area contributed by atoms with Gasteiger partial charge in [0.05, 0.1) is 18.8 Å². The summed E-state index contributed by atoms with van der Waals surface area (Å²) in [5.74, 6) is 0.0425. The van der Waals surface area contributed by atoms with Crippen LogP contribution in [0, 0.1) is 11.3 Å². The highest BCUT2D eigenvalue weighted by Gasteiger charge is 2.13. The van der Waals surface area contributed by atoms with Crippen LogP contribution in [0.4, 0.5) is 0 Å². The molecule has 1 heterocycles. The van der Waals surface area contributed by atoms with E-state index in [0.717, 1.165) is 38.8 Å². The van der Waals surface area contributed by atoms with Crippen molar-refractivity contribution < 1.29 is 9.53 Å². The molecule has 0 atom stereocenters. The van der Waals surface area contributed by atoms with Crippen LogP contribution in [-0.4, -0.2) is 38.3 Å². The SMILES string of the molecule is N#CCCCCNC(=O)CCOC1CCNCC1. The first kappa shape index (κ1) is 14.9. The minimum atomic E-state index is 0.0425. The highest BCUT2D eigenvalue weighted by atomic mass is 16.5. The summed E-state index contributed by atoms with van der Waals surface area (Å²) in [6.07, 6.45) is 5.11. The molecule has 0 aliphatic carbocycles. The monoisotopic (exact) mass is 253 g/mol. The third-order valence-corrected chi connectivity index (χ3v) is 3.01. The zero-order valence-corrected chi connectivity index (χ0v) is 10.9. The summed E-state index contributed by atoms with van der Waals surface area (Å²) in [5, 5.41) is 14.5. The average molecular weight is 253 g/mol. The number of nitrogens with zero attached hydrogens (tertiary/aromatic N) is 1. The van der Waals surface area contributed by atoms with Crippen molar-refractivity contribution in [2.24, 2.45) is 0 Å². The third kappa shape index (κ3) is 7.25. The van der Waals surface area contributed by atoms with Crippen molar-refractivity contribution in [2.75, 3.05) is 26.2 Å². The van der Waals surface area contributed by atoms with Crippen molar-refractivity contribution in [2.45, 2.75) is 44.6 Å². The molecule has 1 fully saturated rings. The minimum absolute atomic E-state index is 0.0425. The first-order valence-electron chi connectivity index (χ1n) is 6.79. The van der Waals surface area contributed by atoms with E-state index in [0.29, 0.717) is 32.1 Å². The lowest BCUT2D eigenvalue weighted by molar-refractivity contribution is -0.122. The van der Waals surface area contributed by atoms with Crippen molar-refractivity contribution in [1.82, 2.24) is 10.6 Å².